The third kappa shape index (κ3) is 3.55. The van der Waals surface area contributed by atoms with Crippen molar-refractivity contribution in [3.05, 3.63) is 22.7 Å². The molecule has 0 spiro atoms. The van der Waals surface area contributed by atoms with E-state index >= 15 is 0 Å². The number of carbonyl (C=O) groups is 1. The van der Waals surface area contributed by atoms with Gasteiger partial charge in [0.15, 0.2) is 0 Å². The highest BCUT2D eigenvalue weighted by Gasteiger charge is 2.42. The van der Waals surface area contributed by atoms with Crippen LogP contribution in [0.4, 0.5) is 5.69 Å². The number of hydrogen-bond acceptors (Lipinski definition) is 3. The molecule has 114 valence electrons. The van der Waals surface area contributed by atoms with Crippen LogP contribution in [-0.2, 0) is 4.79 Å². The van der Waals surface area contributed by atoms with Crippen LogP contribution < -0.4 is 15.8 Å². The number of rotatable bonds is 4. The van der Waals surface area contributed by atoms with Crippen molar-refractivity contribution in [2.24, 2.45) is 11.1 Å². The van der Waals surface area contributed by atoms with Gasteiger partial charge in [-0.15, -0.1) is 0 Å². The molecule has 1 aliphatic rings. The van der Waals surface area contributed by atoms with Gasteiger partial charge in [-0.25, -0.2) is 0 Å². The van der Waals surface area contributed by atoms with E-state index in [2.05, 4.69) is 21.2 Å². The summed E-state index contributed by atoms with van der Waals surface area (Å²) in [5, 5.41) is 2.93. The Morgan fingerprint density at radius 1 is 1.33 bits per heavy atom. The number of nitrogens with two attached hydrogens (primary N) is 1. The minimum absolute atomic E-state index is 0.116. The second kappa shape index (κ2) is 6.75. The number of nitrogens with one attached hydrogen (secondary N) is 1. The number of benzene rings is 1. The molecule has 0 aromatic heterocycles. The van der Waals surface area contributed by atoms with Gasteiger partial charge < -0.3 is 15.8 Å². The van der Waals surface area contributed by atoms with E-state index in [1.54, 1.807) is 13.2 Å². The number of methoxy groups -OCH3 is 1. The monoisotopic (exact) mass is 370 g/mol. The zero-order valence-corrected chi connectivity index (χ0v) is 14.4. The van der Waals surface area contributed by atoms with Crippen LogP contribution in [0.1, 0.15) is 32.1 Å². The van der Waals surface area contributed by atoms with Crippen molar-refractivity contribution < 1.29 is 9.53 Å². The van der Waals surface area contributed by atoms with Crippen LogP contribution in [0.2, 0.25) is 0 Å². The fraction of sp³-hybridized carbons (Fsp3) is 0.467. The van der Waals surface area contributed by atoms with Crippen LogP contribution >= 0.6 is 28.1 Å². The molecule has 0 aliphatic heterocycles. The number of anilines is 1. The maximum absolute atomic E-state index is 12.7. The Labute approximate surface area is 138 Å². The second-order valence-corrected chi connectivity index (χ2v) is 6.70. The van der Waals surface area contributed by atoms with Crippen LogP contribution in [0, 0.1) is 5.41 Å². The molecule has 0 saturated heterocycles. The van der Waals surface area contributed by atoms with Gasteiger partial charge in [0.05, 0.1) is 17.5 Å². The number of ether oxygens (including phenoxy) is 1. The van der Waals surface area contributed by atoms with Crippen molar-refractivity contribution in [1.82, 2.24) is 0 Å². The number of hydrogen-bond donors (Lipinski definition) is 2. The molecule has 1 amide bonds. The van der Waals surface area contributed by atoms with Gasteiger partial charge in [0.2, 0.25) is 5.91 Å². The Morgan fingerprint density at radius 3 is 2.57 bits per heavy atom. The quantitative estimate of drug-likeness (QED) is 0.794. The maximum atomic E-state index is 12.7. The van der Waals surface area contributed by atoms with Gasteiger partial charge in [0.25, 0.3) is 0 Å². The lowest BCUT2D eigenvalue weighted by Crippen LogP contribution is -2.47. The minimum atomic E-state index is -0.719. The molecule has 1 saturated carbocycles. The van der Waals surface area contributed by atoms with Crippen molar-refractivity contribution in [2.75, 3.05) is 12.4 Å². The summed E-state index contributed by atoms with van der Waals surface area (Å²) < 4.78 is 6.04. The highest BCUT2D eigenvalue weighted by molar-refractivity contribution is 9.10. The predicted octanol–water partition coefficient (Wildman–Crippen LogP) is 3.63. The Balaban J connectivity index is 2.23. The molecule has 2 rings (SSSR count). The fourth-order valence-electron chi connectivity index (χ4n) is 2.74. The summed E-state index contributed by atoms with van der Waals surface area (Å²) in [7, 11) is 1.59. The summed E-state index contributed by atoms with van der Waals surface area (Å²) >= 11 is 8.58. The van der Waals surface area contributed by atoms with Gasteiger partial charge in [0.1, 0.15) is 5.75 Å². The van der Waals surface area contributed by atoms with Crippen molar-refractivity contribution >= 4 is 44.7 Å². The van der Waals surface area contributed by atoms with Gasteiger partial charge >= 0.3 is 0 Å². The van der Waals surface area contributed by atoms with Crippen LogP contribution in [0.5, 0.6) is 5.75 Å². The summed E-state index contributed by atoms with van der Waals surface area (Å²) in [6.45, 7) is 0. The Kier molecular flexibility index (Phi) is 5.22. The lowest BCUT2D eigenvalue weighted by molar-refractivity contribution is -0.123. The van der Waals surface area contributed by atoms with Gasteiger partial charge in [-0.2, -0.15) is 0 Å². The number of thiocarbonyl (C=S) groups is 1. The van der Waals surface area contributed by atoms with Crippen molar-refractivity contribution in [2.45, 2.75) is 32.1 Å². The molecular weight excluding hydrogens is 352 g/mol. The molecule has 0 unspecified atom stereocenters. The number of halogens is 1. The molecule has 21 heavy (non-hydrogen) atoms. The van der Waals surface area contributed by atoms with E-state index in [1.165, 1.54) is 0 Å². The first-order chi connectivity index (χ1) is 9.98. The normalized spacial score (nSPS) is 17.0. The van der Waals surface area contributed by atoms with Gasteiger partial charge in [-0.3, -0.25) is 4.79 Å². The van der Waals surface area contributed by atoms with Crippen molar-refractivity contribution in [3.63, 3.8) is 0 Å². The van der Waals surface area contributed by atoms with Crippen LogP contribution in [0.3, 0.4) is 0 Å². The van der Waals surface area contributed by atoms with E-state index in [9.17, 15) is 4.79 Å². The van der Waals surface area contributed by atoms with Gasteiger partial charge in [0, 0.05) is 16.2 Å². The molecule has 1 aliphatic carbocycles. The second-order valence-electron chi connectivity index (χ2n) is 5.34. The van der Waals surface area contributed by atoms with Crippen molar-refractivity contribution in [3.8, 4) is 5.75 Å². The van der Waals surface area contributed by atoms with E-state index in [-0.39, 0.29) is 5.91 Å². The molecule has 1 aromatic rings. The summed E-state index contributed by atoms with van der Waals surface area (Å²) in [6, 6.07) is 5.44. The molecule has 1 fully saturated rings. The zero-order chi connectivity index (χ0) is 15.5. The molecule has 0 heterocycles. The molecule has 4 nitrogen and oxygen atoms in total. The van der Waals surface area contributed by atoms with E-state index in [0.29, 0.717) is 16.4 Å². The standard InChI is InChI=1S/C15H19BrN2O2S/c1-20-12-8-10(16)7-11(9-12)18-14(19)15(13(17)21)5-3-2-4-6-15/h7-9H,2-6H2,1H3,(H2,17,21)(H,18,19). The first-order valence-electron chi connectivity index (χ1n) is 6.94. The molecule has 0 radical (unpaired) electrons. The molecule has 6 heteroatoms. The topological polar surface area (TPSA) is 64.3 Å². The Bertz CT molecular complexity index is 557. The SMILES string of the molecule is COc1cc(Br)cc(NC(=O)C2(C(N)=S)CCCCC2)c1. The largest absolute Gasteiger partial charge is 0.497 e. The minimum Gasteiger partial charge on any atom is -0.497 e. The fourth-order valence-corrected chi connectivity index (χ4v) is 3.51. The van der Waals surface area contributed by atoms with E-state index in [4.69, 9.17) is 22.7 Å². The average Bonchev–Trinajstić information content (AvgIpc) is 2.47. The van der Waals surface area contributed by atoms with E-state index in [0.717, 1.165) is 36.6 Å². The molecule has 1 aromatic carbocycles. The third-order valence-corrected chi connectivity index (χ3v) is 4.83. The van der Waals surface area contributed by atoms with E-state index < -0.39 is 5.41 Å². The summed E-state index contributed by atoms with van der Waals surface area (Å²) in [5.74, 6) is 0.558. The molecule has 0 atom stereocenters. The van der Waals surface area contributed by atoms with Crippen LogP contribution in [-0.4, -0.2) is 18.0 Å². The number of carbonyl (C=O) groups excluding carboxylic acids is 1. The summed E-state index contributed by atoms with van der Waals surface area (Å²) in [5.41, 5.74) is 5.83. The van der Waals surface area contributed by atoms with Crippen LogP contribution in [0.25, 0.3) is 0 Å². The van der Waals surface area contributed by atoms with Gasteiger partial charge in [-0.1, -0.05) is 47.4 Å². The summed E-state index contributed by atoms with van der Waals surface area (Å²) in [6.07, 6.45) is 4.53. The first-order valence-corrected chi connectivity index (χ1v) is 8.14. The molecule has 3 N–H and O–H groups in total. The third-order valence-electron chi connectivity index (χ3n) is 3.98. The first kappa shape index (κ1) is 16.2. The lowest BCUT2D eigenvalue weighted by Gasteiger charge is -2.34. The highest BCUT2D eigenvalue weighted by atomic mass is 79.9. The highest BCUT2D eigenvalue weighted by Crippen LogP contribution is 2.38. The average molecular weight is 371 g/mol. The Hall–Kier alpha value is -1.14. The van der Waals surface area contributed by atoms with Crippen LogP contribution in [0.15, 0.2) is 22.7 Å². The summed E-state index contributed by atoms with van der Waals surface area (Å²) in [4.78, 5) is 13.0. The lowest BCUT2D eigenvalue weighted by atomic mass is 9.73. The van der Waals surface area contributed by atoms with Gasteiger partial charge in [-0.05, 0) is 25.0 Å². The molecular formula is C15H19BrN2O2S. The smallest absolute Gasteiger partial charge is 0.237 e. The van der Waals surface area contributed by atoms with E-state index in [1.807, 2.05) is 12.1 Å². The zero-order valence-electron chi connectivity index (χ0n) is 11.9. The molecule has 0 bridgehead atoms. The van der Waals surface area contributed by atoms with Crippen molar-refractivity contribution in [1.29, 1.82) is 0 Å². The predicted molar refractivity (Wildman–Crippen MR) is 91.6 cm³/mol. The Morgan fingerprint density at radius 2 is 2.00 bits per heavy atom. The number of amides is 1. The maximum Gasteiger partial charge on any atom is 0.237 e.